The first-order chi connectivity index (χ1) is 6.24. The summed E-state index contributed by atoms with van der Waals surface area (Å²) in [5.41, 5.74) is 3.69. The van der Waals surface area contributed by atoms with E-state index >= 15 is 0 Å². The minimum atomic E-state index is 0.913. The van der Waals surface area contributed by atoms with Gasteiger partial charge in [0.05, 0.1) is 0 Å². The highest BCUT2D eigenvalue weighted by molar-refractivity contribution is 5.42. The first-order valence-corrected chi connectivity index (χ1v) is 4.58. The quantitative estimate of drug-likeness (QED) is 0.553. The Morgan fingerprint density at radius 2 is 2.15 bits per heavy atom. The van der Waals surface area contributed by atoms with Gasteiger partial charge in [-0.25, -0.2) is 0 Å². The summed E-state index contributed by atoms with van der Waals surface area (Å²) >= 11 is 0. The maximum atomic E-state index is 4.02. The molecule has 1 rings (SSSR count). The molecule has 0 aromatic heterocycles. The second-order valence-corrected chi connectivity index (χ2v) is 3.26. The summed E-state index contributed by atoms with van der Waals surface area (Å²) in [7, 11) is 0. The van der Waals surface area contributed by atoms with Crippen molar-refractivity contribution in [2.24, 2.45) is 0 Å². The minimum Gasteiger partial charge on any atom is -0.103 e. The zero-order chi connectivity index (χ0) is 9.68. The van der Waals surface area contributed by atoms with E-state index < -0.39 is 0 Å². The average molecular weight is 172 g/mol. The Labute approximate surface area is 80.7 Å². The van der Waals surface area contributed by atoms with Gasteiger partial charge in [0, 0.05) is 0 Å². The molecule has 0 heteroatoms. The van der Waals surface area contributed by atoms with Gasteiger partial charge in [0.1, 0.15) is 0 Å². The lowest BCUT2D eigenvalue weighted by molar-refractivity contribution is 1.18. The van der Waals surface area contributed by atoms with Crippen LogP contribution >= 0.6 is 0 Å². The van der Waals surface area contributed by atoms with E-state index in [4.69, 9.17) is 0 Å². The highest BCUT2D eigenvalue weighted by Crippen LogP contribution is 2.18. The molecule has 0 aromatic carbocycles. The van der Waals surface area contributed by atoms with Crippen molar-refractivity contribution < 1.29 is 0 Å². The number of rotatable bonds is 2. The molecule has 0 aliphatic heterocycles. The number of allylic oxidation sites excluding steroid dienone is 8. The Bertz CT molecular complexity index is 298. The van der Waals surface area contributed by atoms with Crippen LogP contribution in [0.3, 0.4) is 0 Å². The first kappa shape index (κ1) is 9.79. The third-order valence-corrected chi connectivity index (χ3v) is 2.13. The molecule has 1 aliphatic carbocycles. The van der Waals surface area contributed by atoms with E-state index in [-0.39, 0.29) is 0 Å². The summed E-state index contributed by atoms with van der Waals surface area (Å²) in [6.45, 7) is 9.86. The van der Waals surface area contributed by atoms with E-state index in [2.05, 4.69) is 44.4 Å². The van der Waals surface area contributed by atoms with Gasteiger partial charge in [-0.05, 0) is 30.9 Å². The van der Waals surface area contributed by atoms with Gasteiger partial charge in [-0.15, -0.1) is 6.58 Å². The van der Waals surface area contributed by atoms with Crippen LogP contribution in [-0.2, 0) is 0 Å². The Hall–Kier alpha value is -1.30. The van der Waals surface area contributed by atoms with E-state index in [0.29, 0.717) is 0 Å². The molecule has 0 saturated carbocycles. The third kappa shape index (κ3) is 2.90. The molecule has 0 radical (unpaired) electrons. The molecule has 0 spiro atoms. The molecule has 0 aromatic rings. The molecule has 0 fully saturated rings. The summed E-state index contributed by atoms with van der Waals surface area (Å²) < 4.78 is 0. The molecule has 13 heavy (non-hydrogen) atoms. The molecule has 0 heterocycles. The number of hydrogen-bond acceptors (Lipinski definition) is 0. The standard InChI is InChI=1S/C13H16/c1-4-6-13-8-5-7-11(2)9-10-12(13)3/h4,7-10H,1,3,5-6H2,2H3. The van der Waals surface area contributed by atoms with Gasteiger partial charge < -0.3 is 0 Å². The van der Waals surface area contributed by atoms with Crippen molar-refractivity contribution in [1.82, 2.24) is 0 Å². The second kappa shape index (κ2) is 4.66. The maximum absolute atomic E-state index is 4.02. The molecular weight excluding hydrogens is 156 g/mol. The normalized spacial score (nSPS) is 17.2. The predicted octanol–water partition coefficient (Wildman–Crippen LogP) is 3.95. The predicted molar refractivity (Wildman–Crippen MR) is 59.6 cm³/mol. The van der Waals surface area contributed by atoms with Gasteiger partial charge in [-0.3, -0.25) is 0 Å². The maximum Gasteiger partial charge on any atom is -0.00975 e. The highest BCUT2D eigenvalue weighted by atomic mass is 14.0. The summed E-state index contributed by atoms with van der Waals surface area (Å²) in [5, 5.41) is 0. The fourth-order valence-corrected chi connectivity index (χ4v) is 1.30. The van der Waals surface area contributed by atoms with Crippen LogP contribution in [0.25, 0.3) is 0 Å². The van der Waals surface area contributed by atoms with Gasteiger partial charge in [-0.1, -0.05) is 42.5 Å². The molecule has 0 bridgehead atoms. The summed E-state index contributed by atoms with van der Waals surface area (Å²) in [5.74, 6) is 0. The highest BCUT2D eigenvalue weighted by Gasteiger charge is 1.98. The van der Waals surface area contributed by atoms with Crippen molar-refractivity contribution in [3.63, 3.8) is 0 Å². The fourth-order valence-electron chi connectivity index (χ4n) is 1.30. The monoisotopic (exact) mass is 172 g/mol. The molecule has 0 nitrogen and oxygen atoms in total. The lowest BCUT2D eigenvalue weighted by Gasteiger charge is -2.06. The van der Waals surface area contributed by atoms with Crippen LogP contribution in [0.1, 0.15) is 19.8 Å². The summed E-state index contributed by atoms with van der Waals surface area (Å²) in [6, 6.07) is 0. The van der Waals surface area contributed by atoms with E-state index in [9.17, 15) is 0 Å². The first-order valence-electron chi connectivity index (χ1n) is 4.58. The molecule has 68 valence electrons. The van der Waals surface area contributed by atoms with Crippen molar-refractivity contribution in [2.75, 3.05) is 0 Å². The Balaban J connectivity index is 2.87. The molecule has 0 unspecified atom stereocenters. The Morgan fingerprint density at radius 3 is 2.85 bits per heavy atom. The topological polar surface area (TPSA) is 0 Å². The van der Waals surface area contributed by atoms with Crippen LogP contribution in [0.2, 0.25) is 0 Å². The lowest BCUT2D eigenvalue weighted by Crippen LogP contribution is -1.87. The molecule has 0 N–H and O–H groups in total. The fraction of sp³-hybridized carbons (Fsp3) is 0.231. The smallest absolute Gasteiger partial charge is 0.00975 e. The lowest BCUT2D eigenvalue weighted by atomic mass is 9.99. The van der Waals surface area contributed by atoms with Crippen LogP contribution in [-0.4, -0.2) is 0 Å². The van der Waals surface area contributed by atoms with Gasteiger partial charge in [0.15, 0.2) is 0 Å². The Morgan fingerprint density at radius 1 is 1.38 bits per heavy atom. The Kier molecular flexibility index (Phi) is 3.51. The zero-order valence-corrected chi connectivity index (χ0v) is 8.22. The molecule has 1 aliphatic rings. The zero-order valence-electron chi connectivity index (χ0n) is 8.22. The van der Waals surface area contributed by atoms with Crippen molar-refractivity contribution in [1.29, 1.82) is 0 Å². The van der Waals surface area contributed by atoms with Crippen LogP contribution in [0.4, 0.5) is 0 Å². The SMILES string of the molecule is C=CCC1=CCC=C(C)C=CC1=C. The van der Waals surface area contributed by atoms with E-state index in [0.717, 1.165) is 18.4 Å². The molecular formula is C13H16. The average Bonchev–Trinajstić information content (AvgIpc) is 2.11. The van der Waals surface area contributed by atoms with Gasteiger partial charge >= 0.3 is 0 Å². The van der Waals surface area contributed by atoms with Gasteiger partial charge in [0.25, 0.3) is 0 Å². The van der Waals surface area contributed by atoms with E-state index in [1.54, 1.807) is 0 Å². The van der Waals surface area contributed by atoms with Crippen molar-refractivity contribution in [3.8, 4) is 0 Å². The van der Waals surface area contributed by atoms with Crippen LogP contribution in [0.5, 0.6) is 0 Å². The van der Waals surface area contributed by atoms with Crippen molar-refractivity contribution in [2.45, 2.75) is 19.8 Å². The van der Waals surface area contributed by atoms with Crippen molar-refractivity contribution >= 4 is 0 Å². The van der Waals surface area contributed by atoms with Gasteiger partial charge in [-0.2, -0.15) is 0 Å². The summed E-state index contributed by atoms with van der Waals surface area (Å²) in [4.78, 5) is 0. The summed E-state index contributed by atoms with van der Waals surface area (Å²) in [6.07, 6.45) is 12.4. The largest absolute Gasteiger partial charge is 0.103 e. The van der Waals surface area contributed by atoms with Gasteiger partial charge in [0.2, 0.25) is 0 Å². The van der Waals surface area contributed by atoms with E-state index in [1.165, 1.54) is 11.1 Å². The third-order valence-electron chi connectivity index (χ3n) is 2.13. The molecule has 0 amide bonds. The van der Waals surface area contributed by atoms with Crippen LogP contribution in [0, 0.1) is 0 Å². The second-order valence-electron chi connectivity index (χ2n) is 3.26. The minimum absolute atomic E-state index is 0.913. The van der Waals surface area contributed by atoms with Crippen LogP contribution < -0.4 is 0 Å². The number of hydrogen-bond donors (Lipinski definition) is 0. The van der Waals surface area contributed by atoms with Crippen molar-refractivity contribution in [3.05, 3.63) is 60.3 Å². The van der Waals surface area contributed by atoms with E-state index in [1.807, 2.05) is 6.08 Å². The van der Waals surface area contributed by atoms with Crippen LogP contribution in [0.15, 0.2) is 60.3 Å². The molecule has 0 saturated heterocycles. The molecule has 0 atom stereocenters.